The number of aromatic nitrogens is 1. The van der Waals surface area contributed by atoms with Crippen LogP contribution in [0.5, 0.6) is 5.75 Å². The molecule has 2 aromatic rings. The molecule has 0 bridgehead atoms. The minimum atomic E-state index is -0.453. The molecule has 1 aromatic heterocycles. The molecule has 152 valence electrons. The lowest BCUT2D eigenvalue weighted by atomic mass is 10.2. The van der Waals surface area contributed by atoms with Crippen molar-refractivity contribution in [3.05, 3.63) is 52.2 Å². The third-order valence-corrected chi connectivity index (χ3v) is 5.67. The molecule has 1 fully saturated rings. The Morgan fingerprint density at radius 2 is 1.90 bits per heavy atom. The average molecular weight is 413 g/mol. The second-order valence-electron chi connectivity index (χ2n) is 6.62. The molecule has 1 saturated heterocycles. The van der Waals surface area contributed by atoms with Crippen molar-refractivity contribution < 1.29 is 19.1 Å². The van der Waals surface area contributed by atoms with Gasteiger partial charge in [-0.1, -0.05) is 0 Å². The van der Waals surface area contributed by atoms with Gasteiger partial charge in [-0.25, -0.2) is 0 Å². The molecule has 3 rings (SSSR count). The molecule has 1 N–H and O–H groups in total. The maximum Gasteiger partial charge on any atom is 0.294 e. The second kappa shape index (κ2) is 8.57. The molecule has 29 heavy (non-hydrogen) atoms. The minimum absolute atomic E-state index is 0.323. The predicted molar refractivity (Wildman–Crippen MR) is 114 cm³/mol. The molecule has 0 aliphatic carbocycles. The van der Waals surface area contributed by atoms with Gasteiger partial charge in [-0.2, -0.15) is 0 Å². The highest BCUT2D eigenvalue weighted by Crippen LogP contribution is 2.33. The molecule has 0 radical (unpaired) electrons. The van der Waals surface area contributed by atoms with Crippen molar-refractivity contribution in [3.8, 4) is 5.75 Å². The molecule has 0 spiro atoms. The summed E-state index contributed by atoms with van der Waals surface area (Å²) in [6, 6.07) is 8.79. The first-order valence-corrected chi connectivity index (χ1v) is 10.0. The fraction of sp³-hybridized carbons (Fsp3) is 0.286. The van der Waals surface area contributed by atoms with E-state index >= 15 is 0 Å². The number of nitrogens with one attached hydrogen (secondary N) is 1. The number of methoxy groups -OCH3 is 1. The number of imide groups is 1. The number of aryl methyl sites for hydroxylation is 1. The largest absolute Gasteiger partial charge is 0.497 e. The van der Waals surface area contributed by atoms with E-state index in [4.69, 9.17) is 4.74 Å². The van der Waals surface area contributed by atoms with Crippen molar-refractivity contribution in [1.82, 2.24) is 9.47 Å². The normalized spacial score (nSPS) is 15.3. The molecule has 2 heterocycles. The Morgan fingerprint density at radius 1 is 1.21 bits per heavy atom. The molecule has 0 saturated carbocycles. The van der Waals surface area contributed by atoms with E-state index in [-0.39, 0.29) is 6.54 Å². The highest BCUT2D eigenvalue weighted by Gasteiger charge is 2.36. The summed E-state index contributed by atoms with van der Waals surface area (Å²) in [5.74, 6) is -0.226. The van der Waals surface area contributed by atoms with Crippen LogP contribution >= 0.6 is 11.8 Å². The standard InChI is InChI=1S/C21H23N3O4S/c1-5-23-13(2)10-15(14(23)3)11-18-20(26)24(21(27)29-18)12-19(25)22-16-6-8-17(28-4)9-7-16/h6-11H,5,12H2,1-4H3,(H,22,25). The third-order valence-electron chi connectivity index (χ3n) is 4.76. The molecule has 7 nitrogen and oxygen atoms in total. The van der Waals surface area contributed by atoms with Gasteiger partial charge in [0.2, 0.25) is 5.91 Å². The highest BCUT2D eigenvalue weighted by atomic mass is 32.2. The van der Waals surface area contributed by atoms with Crippen LogP contribution in [0.1, 0.15) is 23.9 Å². The quantitative estimate of drug-likeness (QED) is 0.729. The Hall–Kier alpha value is -3.00. The first kappa shape index (κ1) is 20.7. The van der Waals surface area contributed by atoms with Gasteiger partial charge < -0.3 is 14.6 Å². The molecular formula is C21H23N3O4S. The zero-order valence-electron chi connectivity index (χ0n) is 16.8. The van der Waals surface area contributed by atoms with E-state index in [2.05, 4.69) is 16.8 Å². The van der Waals surface area contributed by atoms with Crippen LogP contribution in [-0.2, 0) is 16.1 Å². The zero-order chi connectivity index (χ0) is 21.1. The van der Waals surface area contributed by atoms with Crippen LogP contribution in [0.25, 0.3) is 6.08 Å². The summed E-state index contributed by atoms with van der Waals surface area (Å²) in [6.07, 6.45) is 1.72. The van der Waals surface area contributed by atoms with E-state index in [0.717, 1.165) is 40.2 Å². The van der Waals surface area contributed by atoms with Gasteiger partial charge >= 0.3 is 0 Å². The summed E-state index contributed by atoms with van der Waals surface area (Å²) in [7, 11) is 1.56. The summed E-state index contributed by atoms with van der Waals surface area (Å²) in [5.41, 5.74) is 3.59. The second-order valence-corrected chi connectivity index (χ2v) is 7.61. The number of hydrogen-bond donors (Lipinski definition) is 1. The first-order valence-electron chi connectivity index (χ1n) is 9.20. The van der Waals surface area contributed by atoms with Crippen LogP contribution in [0.2, 0.25) is 0 Å². The summed E-state index contributed by atoms with van der Waals surface area (Å²) in [5, 5.41) is 2.23. The third kappa shape index (κ3) is 4.37. The maximum atomic E-state index is 12.7. The van der Waals surface area contributed by atoms with Gasteiger partial charge in [0.15, 0.2) is 0 Å². The Morgan fingerprint density at radius 3 is 2.48 bits per heavy atom. The van der Waals surface area contributed by atoms with E-state index in [9.17, 15) is 14.4 Å². The Balaban J connectivity index is 1.70. The Labute approximate surface area is 173 Å². The number of hydrogen-bond acceptors (Lipinski definition) is 5. The molecule has 1 aliphatic rings. The average Bonchev–Trinajstić information content (AvgIpc) is 3.11. The van der Waals surface area contributed by atoms with Gasteiger partial charge in [0.05, 0.1) is 12.0 Å². The molecule has 0 unspecified atom stereocenters. The number of amides is 3. The van der Waals surface area contributed by atoms with Crippen molar-refractivity contribution in [3.63, 3.8) is 0 Å². The highest BCUT2D eigenvalue weighted by molar-refractivity contribution is 8.18. The number of carbonyl (C=O) groups is 3. The van der Waals surface area contributed by atoms with Crippen molar-refractivity contribution in [2.45, 2.75) is 27.3 Å². The molecule has 1 aromatic carbocycles. The van der Waals surface area contributed by atoms with Crippen LogP contribution in [-0.4, -0.2) is 40.2 Å². The summed E-state index contributed by atoms with van der Waals surface area (Å²) in [4.78, 5) is 38.6. The van der Waals surface area contributed by atoms with Gasteiger partial charge in [-0.15, -0.1) is 0 Å². The lowest BCUT2D eigenvalue weighted by Crippen LogP contribution is -2.36. The van der Waals surface area contributed by atoms with E-state index in [1.54, 1.807) is 37.5 Å². The molecular weight excluding hydrogens is 390 g/mol. The SMILES string of the molecule is CCn1c(C)cc(C=C2SC(=O)N(CC(=O)Nc3ccc(OC)cc3)C2=O)c1C. The zero-order valence-corrected chi connectivity index (χ0v) is 17.6. The number of carbonyl (C=O) groups excluding carboxylic acids is 3. The van der Waals surface area contributed by atoms with E-state index in [0.29, 0.717) is 16.3 Å². The van der Waals surface area contributed by atoms with E-state index in [1.807, 2.05) is 19.9 Å². The predicted octanol–water partition coefficient (Wildman–Crippen LogP) is 3.81. The summed E-state index contributed by atoms with van der Waals surface area (Å²) < 4.78 is 7.21. The van der Waals surface area contributed by atoms with Gasteiger partial charge in [0, 0.05) is 23.6 Å². The lowest BCUT2D eigenvalue weighted by molar-refractivity contribution is -0.127. The maximum absolute atomic E-state index is 12.7. The van der Waals surface area contributed by atoms with Crippen molar-refractivity contribution in [2.24, 2.45) is 0 Å². The minimum Gasteiger partial charge on any atom is -0.497 e. The van der Waals surface area contributed by atoms with E-state index < -0.39 is 17.1 Å². The number of anilines is 1. The molecule has 1 aliphatic heterocycles. The van der Waals surface area contributed by atoms with Crippen LogP contribution in [0, 0.1) is 13.8 Å². The number of ether oxygens (including phenoxy) is 1. The Kier molecular flexibility index (Phi) is 6.12. The number of benzene rings is 1. The molecule has 0 atom stereocenters. The number of thioether (sulfide) groups is 1. The molecule has 8 heteroatoms. The van der Waals surface area contributed by atoms with Crippen LogP contribution in [0.3, 0.4) is 0 Å². The lowest BCUT2D eigenvalue weighted by Gasteiger charge is -2.12. The van der Waals surface area contributed by atoms with Crippen molar-refractivity contribution in [2.75, 3.05) is 19.0 Å². The van der Waals surface area contributed by atoms with Crippen molar-refractivity contribution >= 4 is 40.6 Å². The topological polar surface area (TPSA) is 80.6 Å². The van der Waals surface area contributed by atoms with Gasteiger partial charge in [0.1, 0.15) is 12.3 Å². The molecule has 3 amide bonds. The van der Waals surface area contributed by atoms with Gasteiger partial charge in [-0.05, 0) is 74.5 Å². The van der Waals surface area contributed by atoms with Crippen LogP contribution in [0.4, 0.5) is 10.5 Å². The van der Waals surface area contributed by atoms with Gasteiger partial charge in [-0.3, -0.25) is 19.3 Å². The summed E-state index contributed by atoms with van der Waals surface area (Å²) in [6.45, 7) is 6.54. The smallest absolute Gasteiger partial charge is 0.294 e. The number of nitrogens with zero attached hydrogens (tertiary/aromatic N) is 2. The van der Waals surface area contributed by atoms with E-state index in [1.165, 1.54) is 0 Å². The fourth-order valence-corrected chi connectivity index (χ4v) is 4.09. The monoisotopic (exact) mass is 413 g/mol. The van der Waals surface area contributed by atoms with Crippen molar-refractivity contribution in [1.29, 1.82) is 0 Å². The number of rotatable bonds is 6. The Bertz CT molecular complexity index is 992. The summed E-state index contributed by atoms with van der Waals surface area (Å²) >= 11 is 0.854. The van der Waals surface area contributed by atoms with Crippen LogP contribution < -0.4 is 10.1 Å². The van der Waals surface area contributed by atoms with Crippen LogP contribution in [0.15, 0.2) is 35.2 Å². The fourth-order valence-electron chi connectivity index (χ4n) is 3.26. The first-order chi connectivity index (χ1) is 13.8. The van der Waals surface area contributed by atoms with Gasteiger partial charge in [0.25, 0.3) is 11.1 Å².